The quantitative estimate of drug-likeness (QED) is 0.503. The van der Waals surface area contributed by atoms with Crippen LogP contribution >= 0.6 is 34.9 Å². The first-order valence-electron chi connectivity index (χ1n) is 2.59. The van der Waals surface area contributed by atoms with Gasteiger partial charge in [0.2, 0.25) is 5.29 Å². The zero-order chi connectivity index (χ0) is 6.97. The summed E-state index contributed by atoms with van der Waals surface area (Å²) in [5.41, 5.74) is 0.971. The summed E-state index contributed by atoms with van der Waals surface area (Å²) in [5, 5.41) is 4.47. The third-order valence-corrected chi connectivity index (χ3v) is 3.08. The Morgan fingerprint density at radius 1 is 1.50 bits per heavy atom. The van der Waals surface area contributed by atoms with Gasteiger partial charge in [-0.3, -0.25) is 0 Å². The smallest absolute Gasteiger partial charge is 0.206 e. The zero-order valence-electron chi connectivity index (χ0n) is 4.80. The van der Waals surface area contributed by atoms with E-state index in [1.54, 1.807) is 11.3 Å². The Bertz CT molecular complexity index is 281. The summed E-state index contributed by atoms with van der Waals surface area (Å²) in [6.45, 7) is 0. The molecule has 10 heavy (non-hydrogen) atoms. The van der Waals surface area contributed by atoms with Crippen molar-refractivity contribution in [2.75, 3.05) is 0 Å². The fraction of sp³-hybridized carbons (Fsp3) is 0. The monoisotopic (exact) mass is 190 g/mol. The maximum atomic E-state index is 5.62. The van der Waals surface area contributed by atoms with Crippen molar-refractivity contribution in [2.45, 2.75) is 4.90 Å². The molecule has 0 aliphatic carbocycles. The van der Waals surface area contributed by atoms with Crippen LogP contribution in [-0.4, -0.2) is 5.29 Å². The fourth-order valence-corrected chi connectivity index (χ4v) is 2.37. The standard InChI is InChI=1S/C5H3ClN2S2/c6-5-7-3-1-9-2-4(3)10-8-5/h1-2H,(H,7,8). The van der Waals surface area contributed by atoms with Gasteiger partial charge in [0.25, 0.3) is 0 Å². The van der Waals surface area contributed by atoms with E-state index < -0.39 is 0 Å². The van der Waals surface area contributed by atoms with Crippen LogP contribution in [0.4, 0.5) is 5.69 Å². The van der Waals surface area contributed by atoms with E-state index in [4.69, 9.17) is 11.6 Å². The minimum absolute atomic E-state index is 0.455. The van der Waals surface area contributed by atoms with Crippen molar-refractivity contribution < 1.29 is 0 Å². The molecule has 0 saturated carbocycles. The van der Waals surface area contributed by atoms with Crippen LogP contribution < -0.4 is 4.72 Å². The van der Waals surface area contributed by atoms with E-state index in [2.05, 4.69) is 9.71 Å². The van der Waals surface area contributed by atoms with Crippen molar-refractivity contribution >= 4 is 45.9 Å². The van der Waals surface area contributed by atoms with Crippen LogP contribution in [0.15, 0.2) is 20.6 Å². The Balaban J connectivity index is 2.50. The second kappa shape index (κ2) is 2.45. The molecule has 52 valence electrons. The van der Waals surface area contributed by atoms with E-state index in [9.17, 15) is 0 Å². The molecule has 0 saturated heterocycles. The SMILES string of the molecule is ClC1=Nc2cscc2SN1. The lowest BCUT2D eigenvalue weighted by atomic mass is 10.5. The van der Waals surface area contributed by atoms with E-state index in [1.165, 1.54) is 11.9 Å². The Kier molecular flexibility index (Phi) is 1.60. The number of hydrogen-bond donors (Lipinski definition) is 1. The molecule has 0 amide bonds. The van der Waals surface area contributed by atoms with Crippen LogP contribution in [0.5, 0.6) is 0 Å². The summed E-state index contributed by atoms with van der Waals surface area (Å²) in [4.78, 5) is 5.21. The van der Waals surface area contributed by atoms with Crippen LogP contribution in [0.2, 0.25) is 0 Å². The van der Waals surface area contributed by atoms with Crippen molar-refractivity contribution in [3.8, 4) is 0 Å². The van der Waals surface area contributed by atoms with Gasteiger partial charge in [0, 0.05) is 10.8 Å². The molecule has 0 unspecified atom stereocenters. The van der Waals surface area contributed by atoms with Gasteiger partial charge in [0.05, 0.1) is 10.6 Å². The molecular formula is C5H3ClN2S2. The summed E-state index contributed by atoms with van der Waals surface area (Å²) >= 11 is 8.76. The molecule has 2 heterocycles. The minimum Gasteiger partial charge on any atom is -0.300 e. The summed E-state index contributed by atoms with van der Waals surface area (Å²) in [7, 11) is 0. The maximum absolute atomic E-state index is 5.62. The first kappa shape index (κ1) is 6.52. The first-order chi connectivity index (χ1) is 4.86. The number of nitrogens with zero attached hydrogens (tertiary/aromatic N) is 1. The number of rotatable bonds is 0. The average Bonchev–Trinajstić information content (AvgIpc) is 2.33. The van der Waals surface area contributed by atoms with Gasteiger partial charge < -0.3 is 4.72 Å². The zero-order valence-corrected chi connectivity index (χ0v) is 7.19. The van der Waals surface area contributed by atoms with Gasteiger partial charge in [-0.1, -0.05) is 0 Å². The predicted molar refractivity (Wildman–Crippen MR) is 46.3 cm³/mol. The molecule has 5 heteroatoms. The number of fused-ring (bicyclic) bond motifs is 1. The number of halogens is 1. The number of aliphatic imine (C=N–C) groups is 1. The molecule has 1 aliphatic heterocycles. The van der Waals surface area contributed by atoms with Crippen molar-refractivity contribution in [3.63, 3.8) is 0 Å². The van der Waals surface area contributed by atoms with Gasteiger partial charge in [0.15, 0.2) is 0 Å². The lowest BCUT2D eigenvalue weighted by Gasteiger charge is -2.07. The second-order valence-electron chi connectivity index (χ2n) is 1.73. The topological polar surface area (TPSA) is 24.4 Å². The Morgan fingerprint density at radius 3 is 3.30 bits per heavy atom. The molecule has 0 fully saturated rings. The third-order valence-electron chi connectivity index (χ3n) is 1.07. The van der Waals surface area contributed by atoms with E-state index in [-0.39, 0.29) is 0 Å². The minimum atomic E-state index is 0.455. The summed E-state index contributed by atoms with van der Waals surface area (Å²) in [5.74, 6) is 0. The third kappa shape index (κ3) is 1.02. The van der Waals surface area contributed by atoms with Crippen molar-refractivity contribution in [2.24, 2.45) is 4.99 Å². The first-order valence-corrected chi connectivity index (χ1v) is 4.73. The molecule has 1 N–H and O–H groups in total. The van der Waals surface area contributed by atoms with Gasteiger partial charge in [-0.25, -0.2) is 4.99 Å². The normalized spacial score (nSPS) is 15.5. The van der Waals surface area contributed by atoms with Crippen LogP contribution in [0.3, 0.4) is 0 Å². The molecule has 1 aromatic rings. The molecule has 2 rings (SSSR count). The van der Waals surface area contributed by atoms with Crippen molar-refractivity contribution in [1.82, 2.24) is 4.72 Å². The summed E-state index contributed by atoms with van der Waals surface area (Å²) in [6, 6.07) is 0. The van der Waals surface area contributed by atoms with Crippen molar-refractivity contribution in [1.29, 1.82) is 0 Å². The summed E-state index contributed by atoms with van der Waals surface area (Å²) < 4.78 is 2.86. The highest BCUT2D eigenvalue weighted by molar-refractivity contribution is 7.98. The van der Waals surface area contributed by atoms with Gasteiger partial charge in [0.1, 0.15) is 0 Å². The molecule has 0 radical (unpaired) electrons. The predicted octanol–water partition coefficient (Wildman–Crippen LogP) is 2.58. The molecule has 0 spiro atoms. The molecule has 0 bridgehead atoms. The van der Waals surface area contributed by atoms with Crippen LogP contribution in [0, 0.1) is 0 Å². The highest BCUT2D eigenvalue weighted by Crippen LogP contribution is 2.34. The second-order valence-corrected chi connectivity index (χ2v) is 3.68. The molecule has 0 aromatic carbocycles. The van der Waals surface area contributed by atoms with Crippen molar-refractivity contribution in [3.05, 3.63) is 10.8 Å². The van der Waals surface area contributed by atoms with Gasteiger partial charge >= 0.3 is 0 Å². The summed E-state index contributed by atoms with van der Waals surface area (Å²) in [6.07, 6.45) is 0. The molecule has 2 nitrogen and oxygen atoms in total. The lowest BCUT2D eigenvalue weighted by Crippen LogP contribution is -2.10. The number of hydrogen-bond acceptors (Lipinski definition) is 4. The molecule has 1 aliphatic rings. The van der Waals surface area contributed by atoms with E-state index >= 15 is 0 Å². The van der Waals surface area contributed by atoms with E-state index in [0.717, 1.165) is 10.6 Å². The molecule has 1 aromatic heterocycles. The number of amidine groups is 1. The molecular weight excluding hydrogens is 188 g/mol. The van der Waals surface area contributed by atoms with Crippen LogP contribution in [0.25, 0.3) is 0 Å². The molecule has 0 atom stereocenters. The average molecular weight is 191 g/mol. The van der Waals surface area contributed by atoms with Crippen LogP contribution in [-0.2, 0) is 0 Å². The largest absolute Gasteiger partial charge is 0.300 e. The Hall–Kier alpha value is -0.190. The fourth-order valence-electron chi connectivity index (χ4n) is 0.662. The van der Waals surface area contributed by atoms with Crippen LogP contribution in [0.1, 0.15) is 0 Å². The highest BCUT2D eigenvalue weighted by atomic mass is 35.5. The van der Waals surface area contributed by atoms with Gasteiger partial charge in [-0.2, -0.15) is 0 Å². The van der Waals surface area contributed by atoms with Gasteiger partial charge in [-0.15, -0.1) is 11.3 Å². The highest BCUT2D eigenvalue weighted by Gasteiger charge is 2.10. The lowest BCUT2D eigenvalue weighted by molar-refractivity contribution is 1.35. The maximum Gasteiger partial charge on any atom is 0.206 e. The number of thiophene rings is 1. The Labute approximate surface area is 71.4 Å². The van der Waals surface area contributed by atoms with E-state index in [0.29, 0.717) is 5.29 Å². The van der Waals surface area contributed by atoms with Gasteiger partial charge in [-0.05, 0) is 23.5 Å². The van der Waals surface area contributed by atoms with E-state index in [1.807, 2.05) is 10.8 Å². The Morgan fingerprint density at radius 2 is 2.40 bits per heavy atom. The number of nitrogens with one attached hydrogen (secondary N) is 1.